The minimum absolute atomic E-state index is 0.0512. The number of halogens is 1. The van der Waals surface area contributed by atoms with Crippen LogP contribution >= 0.6 is 11.6 Å². The van der Waals surface area contributed by atoms with Crippen LogP contribution in [0.1, 0.15) is 16.4 Å². The molecule has 0 aliphatic rings. The van der Waals surface area contributed by atoms with Crippen molar-refractivity contribution >= 4 is 23.2 Å². The van der Waals surface area contributed by atoms with E-state index in [1.54, 1.807) is 61.2 Å². The first-order chi connectivity index (χ1) is 12.5. The molecule has 1 amide bonds. The van der Waals surface area contributed by atoms with Crippen LogP contribution in [0.2, 0.25) is 5.02 Å². The number of nitrogens with one attached hydrogen (secondary N) is 1. The van der Waals surface area contributed by atoms with Gasteiger partial charge in [0, 0.05) is 11.1 Å². The third-order valence-corrected chi connectivity index (χ3v) is 3.95. The first kappa shape index (κ1) is 17.8. The summed E-state index contributed by atoms with van der Waals surface area (Å²) in [5.41, 5.74) is 1.26. The Morgan fingerprint density at radius 3 is 2.50 bits per heavy atom. The van der Waals surface area contributed by atoms with Crippen LogP contribution in [0.15, 0.2) is 42.5 Å². The predicted molar refractivity (Wildman–Crippen MR) is 98.6 cm³/mol. The second-order valence-electron chi connectivity index (χ2n) is 5.39. The van der Waals surface area contributed by atoms with Crippen molar-refractivity contribution in [2.75, 3.05) is 19.5 Å². The lowest BCUT2D eigenvalue weighted by Crippen LogP contribution is -2.15. The van der Waals surface area contributed by atoms with Crippen LogP contribution in [0.5, 0.6) is 11.5 Å². The van der Waals surface area contributed by atoms with E-state index in [9.17, 15) is 4.79 Å². The summed E-state index contributed by atoms with van der Waals surface area (Å²) >= 11 is 5.90. The summed E-state index contributed by atoms with van der Waals surface area (Å²) in [4.78, 5) is 16.8. The molecule has 0 saturated heterocycles. The van der Waals surface area contributed by atoms with E-state index in [-0.39, 0.29) is 5.82 Å². The van der Waals surface area contributed by atoms with Crippen LogP contribution in [-0.2, 0) is 0 Å². The molecule has 0 saturated carbocycles. The molecule has 134 valence electrons. The number of carbonyl (C=O) groups excluding carboxylic acids is 1. The average Bonchev–Trinajstić information content (AvgIpc) is 3.04. The zero-order chi connectivity index (χ0) is 18.7. The van der Waals surface area contributed by atoms with Gasteiger partial charge in [0.1, 0.15) is 17.3 Å². The fraction of sp³-hybridized carbons (Fsp3) is 0.167. The zero-order valence-electron chi connectivity index (χ0n) is 14.5. The summed E-state index contributed by atoms with van der Waals surface area (Å²) in [6.07, 6.45) is 0. The standard InChI is InChI=1S/C18H17ClN4O3/c1-11-20-17(22-23(11)13-6-4-12(19)5-7-13)18(24)21-15-9-8-14(25-2)10-16(15)26-3/h4-10H,1-3H3,(H,21,24). The minimum atomic E-state index is -0.440. The van der Waals surface area contributed by atoms with Crippen molar-refractivity contribution in [1.82, 2.24) is 14.8 Å². The Morgan fingerprint density at radius 1 is 1.12 bits per heavy atom. The topological polar surface area (TPSA) is 78.3 Å². The number of anilines is 1. The Morgan fingerprint density at radius 2 is 1.85 bits per heavy atom. The van der Waals surface area contributed by atoms with Gasteiger partial charge in [-0.05, 0) is 43.3 Å². The summed E-state index contributed by atoms with van der Waals surface area (Å²) in [5.74, 6) is 1.30. The van der Waals surface area contributed by atoms with Crippen molar-refractivity contribution in [1.29, 1.82) is 0 Å². The highest BCUT2D eigenvalue weighted by Crippen LogP contribution is 2.29. The Kier molecular flexibility index (Phi) is 5.09. The fourth-order valence-electron chi connectivity index (χ4n) is 2.39. The van der Waals surface area contributed by atoms with E-state index in [0.717, 1.165) is 5.69 Å². The van der Waals surface area contributed by atoms with Crippen molar-refractivity contribution in [2.24, 2.45) is 0 Å². The summed E-state index contributed by atoms with van der Waals surface area (Å²) in [6, 6.07) is 12.2. The second kappa shape index (κ2) is 7.45. The average molecular weight is 373 g/mol. The van der Waals surface area contributed by atoms with Gasteiger partial charge in [0.05, 0.1) is 25.6 Å². The molecule has 0 fully saturated rings. The lowest BCUT2D eigenvalue weighted by Gasteiger charge is -2.10. The lowest BCUT2D eigenvalue weighted by atomic mass is 10.2. The maximum Gasteiger partial charge on any atom is 0.295 e. The van der Waals surface area contributed by atoms with E-state index in [1.165, 1.54) is 7.11 Å². The molecule has 2 aromatic carbocycles. The first-order valence-corrected chi connectivity index (χ1v) is 8.12. The fourth-order valence-corrected chi connectivity index (χ4v) is 2.52. The van der Waals surface area contributed by atoms with Crippen LogP contribution in [0.3, 0.4) is 0 Å². The molecule has 0 spiro atoms. The van der Waals surface area contributed by atoms with Gasteiger partial charge in [0.15, 0.2) is 0 Å². The lowest BCUT2D eigenvalue weighted by molar-refractivity contribution is 0.101. The van der Waals surface area contributed by atoms with E-state index in [1.807, 2.05) is 0 Å². The molecule has 0 atom stereocenters. The number of rotatable bonds is 5. The molecule has 1 aromatic heterocycles. The molecule has 0 aliphatic carbocycles. The number of nitrogens with zero attached hydrogens (tertiary/aromatic N) is 3. The number of aromatic nitrogens is 3. The van der Waals surface area contributed by atoms with Crippen molar-refractivity contribution in [2.45, 2.75) is 6.92 Å². The second-order valence-corrected chi connectivity index (χ2v) is 5.83. The van der Waals surface area contributed by atoms with Crippen molar-refractivity contribution in [3.05, 3.63) is 59.1 Å². The van der Waals surface area contributed by atoms with Gasteiger partial charge in [0.25, 0.3) is 5.91 Å². The number of amides is 1. The molecule has 0 bridgehead atoms. The monoisotopic (exact) mass is 372 g/mol. The molecule has 8 heteroatoms. The highest BCUT2D eigenvalue weighted by Gasteiger charge is 2.17. The molecule has 0 unspecified atom stereocenters. The van der Waals surface area contributed by atoms with Gasteiger partial charge in [-0.1, -0.05) is 11.6 Å². The van der Waals surface area contributed by atoms with Gasteiger partial charge in [-0.25, -0.2) is 9.67 Å². The Bertz CT molecular complexity index is 938. The number of benzene rings is 2. The van der Waals surface area contributed by atoms with Crippen LogP contribution in [0.4, 0.5) is 5.69 Å². The molecular formula is C18H17ClN4O3. The molecule has 7 nitrogen and oxygen atoms in total. The number of ether oxygens (including phenoxy) is 2. The summed E-state index contributed by atoms with van der Waals surface area (Å²) < 4.78 is 12.0. The highest BCUT2D eigenvalue weighted by atomic mass is 35.5. The third-order valence-electron chi connectivity index (χ3n) is 3.70. The Balaban J connectivity index is 1.85. The van der Waals surface area contributed by atoms with Gasteiger partial charge in [0.2, 0.25) is 5.82 Å². The highest BCUT2D eigenvalue weighted by molar-refractivity contribution is 6.30. The van der Waals surface area contributed by atoms with Gasteiger partial charge >= 0.3 is 0 Å². The van der Waals surface area contributed by atoms with E-state index >= 15 is 0 Å². The first-order valence-electron chi connectivity index (χ1n) is 7.75. The molecule has 0 aliphatic heterocycles. The van der Waals surface area contributed by atoms with Crippen LogP contribution in [0, 0.1) is 6.92 Å². The van der Waals surface area contributed by atoms with E-state index in [2.05, 4.69) is 15.4 Å². The van der Waals surface area contributed by atoms with Gasteiger partial charge in [-0.15, -0.1) is 5.10 Å². The number of hydrogen-bond acceptors (Lipinski definition) is 5. The van der Waals surface area contributed by atoms with Crippen molar-refractivity contribution in [3.63, 3.8) is 0 Å². The zero-order valence-corrected chi connectivity index (χ0v) is 15.2. The van der Waals surface area contributed by atoms with Gasteiger partial charge in [-0.2, -0.15) is 0 Å². The number of aryl methyl sites for hydroxylation is 1. The third kappa shape index (κ3) is 3.62. The number of hydrogen-bond donors (Lipinski definition) is 1. The van der Waals surface area contributed by atoms with Crippen LogP contribution in [0.25, 0.3) is 5.69 Å². The van der Waals surface area contributed by atoms with Crippen LogP contribution < -0.4 is 14.8 Å². The maximum absolute atomic E-state index is 12.5. The van der Waals surface area contributed by atoms with Gasteiger partial charge < -0.3 is 14.8 Å². The number of carbonyl (C=O) groups is 1. The van der Waals surface area contributed by atoms with Gasteiger partial charge in [-0.3, -0.25) is 4.79 Å². The molecule has 3 rings (SSSR count). The van der Waals surface area contributed by atoms with Crippen molar-refractivity contribution < 1.29 is 14.3 Å². The predicted octanol–water partition coefficient (Wildman–Crippen LogP) is 3.50. The molecule has 0 radical (unpaired) electrons. The van der Waals surface area contributed by atoms with Crippen molar-refractivity contribution in [3.8, 4) is 17.2 Å². The van der Waals surface area contributed by atoms with E-state index in [0.29, 0.717) is 28.0 Å². The Labute approximate surface area is 155 Å². The Hall–Kier alpha value is -3.06. The quantitative estimate of drug-likeness (QED) is 0.741. The smallest absolute Gasteiger partial charge is 0.295 e. The SMILES string of the molecule is COc1ccc(NC(=O)c2nc(C)n(-c3ccc(Cl)cc3)n2)c(OC)c1. The maximum atomic E-state index is 12.5. The summed E-state index contributed by atoms with van der Waals surface area (Å²) in [5, 5.41) is 7.65. The van der Waals surface area contributed by atoms with E-state index in [4.69, 9.17) is 21.1 Å². The normalized spacial score (nSPS) is 10.5. The van der Waals surface area contributed by atoms with E-state index < -0.39 is 5.91 Å². The summed E-state index contributed by atoms with van der Waals surface area (Å²) in [6.45, 7) is 1.77. The summed E-state index contributed by atoms with van der Waals surface area (Å²) in [7, 11) is 3.07. The minimum Gasteiger partial charge on any atom is -0.497 e. The molecule has 26 heavy (non-hydrogen) atoms. The molecule has 1 N–H and O–H groups in total. The molecule has 1 heterocycles. The van der Waals surface area contributed by atoms with Crippen LogP contribution in [-0.4, -0.2) is 34.9 Å². The largest absolute Gasteiger partial charge is 0.497 e. The molecule has 3 aromatic rings. The number of methoxy groups -OCH3 is 2. The molecular weight excluding hydrogens is 356 g/mol.